The fourth-order valence-electron chi connectivity index (χ4n) is 3.36. The summed E-state index contributed by atoms with van der Waals surface area (Å²) in [6.45, 7) is 3.97. The summed E-state index contributed by atoms with van der Waals surface area (Å²) in [5, 5.41) is 5.93. The molecule has 34 heavy (non-hydrogen) atoms. The minimum atomic E-state index is -0.720. The monoisotopic (exact) mass is 513 g/mol. The first-order chi connectivity index (χ1) is 16.2. The Balaban J connectivity index is 1.50. The number of hydrogen-bond acceptors (Lipinski definition) is 4. The lowest BCUT2D eigenvalue weighted by Crippen LogP contribution is -2.32. The standard InChI is InChI=1S/C25H18Cl3N3O3/c1-13-3-7-18(11-14(13)2)30-23(32)15-4-8-17(9-5-15)29-22-21(28)24(33)31(25(22)34)20-12-16(26)6-10-19(20)27/h3-12,29H,1-2H3,(H,30,32). The van der Waals surface area contributed by atoms with Gasteiger partial charge in [-0.1, -0.05) is 40.9 Å². The number of carbonyl (C=O) groups is 3. The second-order valence-electron chi connectivity index (χ2n) is 7.69. The molecule has 1 aliphatic rings. The number of benzene rings is 3. The van der Waals surface area contributed by atoms with Gasteiger partial charge in [-0.05, 0) is 79.6 Å². The molecule has 0 aliphatic carbocycles. The highest BCUT2D eigenvalue weighted by molar-refractivity contribution is 6.54. The highest BCUT2D eigenvalue weighted by atomic mass is 35.5. The van der Waals surface area contributed by atoms with Crippen molar-refractivity contribution in [3.05, 3.63) is 98.1 Å². The zero-order valence-corrected chi connectivity index (χ0v) is 20.3. The SMILES string of the molecule is Cc1ccc(NC(=O)c2ccc(NC3=C(Cl)C(=O)N(c4cc(Cl)ccc4Cl)C3=O)cc2)cc1C. The molecule has 1 aliphatic heterocycles. The summed E-state index contributed by atoms with van der Waals surface area (Å²) in [6.07, 6.45) is 0. The number of nitrogens with zero attached hydrogens (tertiary/aromatic N) is 1. The highest BCUT2D eigenvalue weighted by Crippen LogP contribution is 2.35. The number of amides is 3. The van der Waals surface area contributed by atoms with E-state index in [1.165, 1.54) is 12.1 Å². The molecule has 6 nitrogen and oxygen atoms in total. The van der Waals surface area contributed by atoms with Crippen molar-refractivity contribution < 1.29 is 14.4 Å². The summed E-state index contributed by atoms with van der Waals surface area (Å²) in [5.41, 5.74) is 3.83. The van der Waals surface area contributed by atoms with E-state index in [2.05, 4.69) is 10.6 Å². The zero-order valence-electron chi connectivity index (χ0n) is 18.1. The minimum Gasteiger partial charge on any atom is -0.350 e. The van der Waals surface area contributed by atoms with Crippen molar-refractivity contribution in [1.82, 2.24) is 0 Å². The Bertz CT molecular complexity index is 1370. The summed E-state index contributed by atoms with van der Waals surface area (Å²) < 4.78 is 0. The third kappa shape index (κ3) is 4.66. The molecule has 3 aromatic carbocycles. The lowest BCUT2D eigenvalue weighted by molar-refractivity contribution is -0.120. The van der Waals surface area contributed by atoms with Gasteiger partial charge in [-0.25, -0.2) is 4.90 Å². The van der Waals surface area contributed by atoms with Crippen molar-refractivity contribution in [3.63, 3.8) is 0 Å². The Morgan fingerprint density at radius 1 is 0.794 bits per heavy atom. The van der Waals surface area contributed by atoms with Crippen LogP contribution >= 0.6 is 34.8 Å². The summed E-state index contributed by atoms with van der Waals surface area (Å²) in [5.74, 6) is -1.67. The van der Waals surface area contributed by atoms with Gasteiger partial charge in [-0.15, -0.1) is 0 Å². The van der Waals surface area contributed by atoms with Crippen LogP contribution in [0.2, 0.25) is 10.0 Å². The number of anilines is 3. The molecule has 0 saturated carbocycles. The highest BCUT2D eigenvalue weighted by Gasteiger charge is 2.40. The van der Waals surface area contributed by atoms with Crippen LogP contribution < -0.4 is 15.5 Å². The lowest BCUT2D eigenvalue weighted by atomic mass is 10.1. The van der Waals surface area contributed by atoms with Gasteiger partial charge in [-0.2, -0.15) is 0 Å². The second kappa shape index (κ2) is 9.50. The molecule has 0 radical (unpaired) electrons. The molecule has 0 spiro atoms. The summed E-state index contributed by atoms with van der Waals surface area (Å²) in [4.78, 5) is 39.1. The first-order valence-corrected chi connectivity index (χ1v) is 11.3. The Kier molecular flexibility index (Phi) is 6.66. The van der Waals surface area contributed by atoms with Crippen molar-refractivity contribution in [2.45, 2.75) is 13.8 Å². The molecule has 0 saturated heterocycles. The largest absolute Gasteiger partial charge is 0.350 e. The van der Waals surface area contributed by atoms with Crippen LogP contribution in [0, 0.1) is 13.8 Å². The van der Waals surface area contributed by atoms with Crippen molar-refractivity contribution in [1.29, 1.82) is 0 Å². The fraction of sp³-hybridized carbons (Fsp3) is 0.0800. The number of imide groups is 1. The van der Waals surface area contributed by atoms with Crippen molar-refractivity contribution >= 4 is 69.6 Å². The van der Waals surface area contributed by atoms with Crippen LogP contribution in [0.25, 0.3) is 0 Å². The van der Waals surface area contributed by atoms with Crippen LogP contribution in [0.15, 0.2) is 71.4 Å². The first-order valence-electron chi connectivity index (χ1n) is 10.1. The molecule has 0 atom stereocenters. The number of carbonyl (C=O) groups excluding carboxylic acids is 3. The zero-order chi connectivity index (χ0) is 24.6. The molecule has 0 bridgehead atoms. The first kappa shape index (κ1) is 23.8. The van der Waals surface area contributed by atoms with Crippen LogP contribution in [0.5, 0.6) is 0 Å². The maximum absolute atomic E-state index is 13.0. The average molecular weight is 515 g/mol. The van der Waals surface area contributed by atoms with E-state index < -0.39 is 11.8 Å². The number of hydrogen-bond donors (Lipinski definition) is 2. The van der Waals surface area contributed by atoms with E-state index in [9.17, 15) is 14.4 Å². The van der Waals surface area contributed by atoms with Gasteiger partial charge in [0.05, 0.1) is 10.7 Å². The average Bonchev–Trinajstić information content (AvgIpc) is 3.01. The molecule has 9 heteroatoms. The molecule has 0 aromatic heterocycles. The normalized spacial score (nSPS) is 13.5. The van der Waals surface area contributed by atoms with Crippen LogP contribution in [-0.4, -0.2) is 17.7 Å². The summed E-state index contributed by atoms with van der Waals surface area (Å²) >= 11 is 18.3. The maximum Gasteiger partial charge on any atom is 0.283 e. The van der Waals surface area contributed by atoms with Crippen LogP contribution in [0.1, 0.15) is 21.5 Å². The van der Waals surface area contributed by atoms with Crippen LogP contribution in [-0.2, 0) is 9.59 Å². The van der Waals surface area contributed by atoms with Crippen molar-refractivity contribution in [3.8, 4) is 0 Å². The van der Waals surface area contributed by atoms with E-state index in [0.29, 0.717) is 22.0 Å². The van der Waals surface area contributed by atoms with Gasteiger partial charge in [0.25, 0.3) is 17.7 Å². The molecule has 3 aromatic rings. The van der Waals surface area contributed by atoms with Gasteiger partial charge in [0.2, 0.25) is 0 Å². The molecular weight excluding hydrogens is 497 g/mol. The van der Waals surface area contributed by atoms with Crippen molar-refractivity contribution in [2.24, 2.45) is 0 Å². The van der Waals surface area contributed by atoms with Gasteiger partial charge in [-0.3, -0.25) is 14.4 Å². The third-order valence-corrected chi connectivity index (χ3v) is 6.26. The van der Waals surface area contributed by atoms with Crippen LogP contribution in [0.4, 0.5) is 17.1 Å². The lowest BCUT2D eigenvalue weighted by Gasteiger charge is -2.17. The molecule has 0 fully saturated rings. The Morgan fingerprint density at radius 3 is 2.15 bits per heavy atom. The molecule has 172 valence electrons. The van der Waals surface area contributed by atoms with E-state index in [1.807, 2.05) is 32.0 Å². The number of rotatable bonds is 5. The van der Waals surface area contributed by atoms with E-state index in [4.69, 9.17) is 34.8 Å². The van der Waals surface area contributed by atoms with E-state index in [1.54, 1.807) is 30.3 Å². The molecule has 3 amide bonds. The molecule has 1 heterocycles. The predicted octanol–water partition coefficient (Wildman–Crippen LogP) is 6.30. The molecular formula is C25H18Cl3N3O3. The number of aryl methyl sites for hydroxylation is 2. The minimum absolute atomic E-state index is 0.102. The Hall–Kier alpha value is -3.32. The second-order valence-corrected chi connectivity index (χ2v) is 8.91. The van der Waals surface area contributed by atoms with E-state index in [-0.39, 0.29) is 27.3 Å². The van der Waals surface area contributed by atoms with Gasteiger partial charge < -0.3 is 10.6 Å². The Labute approximate surface area is 211 Å². The molecule has 2 N–H and O–H groups in total. The Morgan fingerprint density at radius 2 is 1.47 bits per heavy atom. The topological polar surface area (TPSA) is 78.5 Å². The van der Waals surface area contributed by atoms with Gasteiger partial charge >= 0.3 is 0 Å². The van der Waals surface area contributed by atoms with Crippen molar-refractivity contribution in [2.75, 3.05) is 15.5 Å². The molecule has 4 rings (SSSR count). The third-order valence-electron chi connectivity index (χ3n) is 5.36. The number of nitrogens with one attached hydrogen (secondary N) is 2. The fourth-order valence-corrected chi connectivity index (χ4v) is 3.94. The van der Waals surface area contributed by atoms with Gasteiger partial charge in [0.15, 0.2) is 0 Å². The maximum atomic E-state index is 13.0. The van der Waals surface area contributed by atoms with E-state index in [0.717, 1.165) is 16.0 Å². The van der Waals surface area contributed by atoms with Crippen LogP contribution in [0.3, 0.4) is 0 Å². The smallest absolute Gasteiger partial charge is 0.283 e. The molecule has 0 unspecified atom stereocenters. The summed E-state index contributed by atoms with van der Waals surface area (Å²) in [7, 11) is 0. The quantitative estimate of drug-likeness (QED) is 0.392. The van der Waals surface area contributed by atoms with Gasteiger partial charge in [0, 0.05) is 22.0 Å². The number of halogens is 3. The predicted molar refractivity (Wildman–Crippen MR) is 136 cm³/mol. The van der Waals surface area contributed by atoms with E-state index >= 15 is 0 Å². The van der Waals surface area contributed by atoms with Gasteiger partial charge in [0.1, 0.15) is 10.7 Å². The summed E-state index contributed by atoms with van der Waals surface area (Å²) in [6, 6.07) is 16.5.